The van der Waals surface area contributed by atoms with Crippen LogP contribution in [0.3, 0.4) is 0 Å². The predicted octanol–water partition coefficient (Wildman–Crippen LogP) is 3.12. The second kappa shape index (κ2) is 6.02. The number of alkyl halides is 2. The van der Waals surface area contributed by atoms with Crippen molar-refractivity contribution in [3.63, 3.8) is 0 Å². The van der Waals surface area contributed by atoms with E-state index in [1.807, 2.05) is 0 Å². The minimum absolute atomic E-state index is 0.0463. The van der Waals surface area contributed by atoms with Crippen molar-refractivity contribution >= 4 is 10.9 Å². The molecule has 4 rings (SSSR count). The third-order valence-electron chi connectivity index (χ3n) is 4.61. The lowest BCUT2D eigenvalue weighted by molar-refractivity contribution is -0.0576. The molecule has 1 aromatic carbocycles. The van der Waals surface area contributed by atoms with Gasteiger partial charge in [0.15, 0.2) is 5.82 Å². The van der Waals surface area contributed by atoms with E-state index in [9.17, 15) is 13.6 Å². The Bertz CT molecular complexity index is 966. The molecule has 0 N–H and O–H groups in total. The average Bonchev–Trinajstić information content (AvgIpc) is 3.05. The summed E-state index contributed by atoms with van der Waals surface area (Å²) < 4.78 is 34.8. The van der Waals surface area contributed by atoms with Gasteiger partial charge in [0.2, 0.25) is 11.3 Å². The van der Waals surface area contributed by atoms with E-state index in [0.29, 0.717) is 23.7 Å². The molecular formula is C17H16F2N4O2. The molecule has 0 aliphatic heterocycles. The number of aromatic nitrogens is 4. The molecule has 1 saturated carbocycles. The smallest absolute Gasteiger partial charge is 0.258 e. The van der Waals surface area contributed by atoms with Gasteiger partial charge in [-0.2, -0.15) is 10.1 Å². The van der Waals surface area contributed by atoms with Gasteiger partial charge in [0.05, 0.1) is 17.6 Å². The van der Waals surface area contributed by atoms with Crippen LogP contribution in [0.5, 0.6) is 0 Å². The van der Waals surface area contributed by atoms with Crippen LogP contribution in [0.15, 0.2) is 39.8 Å². The number of para-hydroxylation sites is 1. The van der Waals surface area contributed by atoms with Crippen molar-refractivity contribution < 1.29 is 13.3 Å². The Morgan fingerprint density at radius 2 is 2.12 bits per heavy atom. The van der Waals surface area contributed by atoms with Crippen molar-refractivity contribution in [3.05, 3.63) is 52.4 Å². The molecule has 3 aromatic rings. The Balaban J connectivity index is 1.64. The van der Waals surface area contributed by atoms with Crippen molar-refractivity contribution in [2.75, 3.05) is 0 Å². The van der Waals surface area contributed by atoms with E-state index in [-0.39, 0.29) is 30.1 Å². The molecule has 25 heavy (non-hydrogen) atoms. The summed E-state index contributed by atoms with van der Waals surface area (Å²) in [5.74, 6) is -3.57. The van der Waals surface area contributed by atoms with Gasteiger partial charge in [0.1, 0.15) is 6.54 Å². The van der Waals surface area contributed by atoms with Gasteiger partial charge in [0.25, 0.3) is 5.92 Å². The van der Waals surface area contributed by atoms with Gasteiger partial charge < -0.3 is 4.52 Å². The molecule has 0 saturated heterocycles. The lowest BCUT2D eigenvalue weighted by Crippen LogP contribution is -2.30. The molecule has 2 heterocycles. The number of hydrogen-bond donors (Lipinski definition) is 0. The van der Waals surface area contributed by atoms with Crippen LogP contribution in [-0.4, -0.2) is 25.8 Å². The average molecular weight is 346 g/mol. The maximum atomic E-state index is 14.1. The third-order valence-corrected chi connectivity index (χ3v) is 4.61. The van der Waals surface area contributed by atoms with Crippen molar-refractivity contribution in [1.82, 2.24) is 19.9 Å². The van der Waals surface area contributed by atoms with Gasteiger partial charge >= 0.3 is 0 Å². The molecule has 1 atom stereocenters. The van der Waals surface area contributed by atoms with Crippen LogP contribution in [0.2, 0.25) is 0 Å². The minimum atomic E-state index is -2.80. The highest BCUT2D eigenvalue weighted by molar-refractivity contribution is 5.77. The Hall–Kier alpha value is -2.64. The van der Waals surface area contributed by atoms with Gasteiger partial charge in [0, 0.05) is 11.8 Å². The number of nitrogens with zero attached hydrogens (tertiary/aromatic N) is 4. The van der Waals surface area contributed by atoms with E-state index in [1.54, 1.807) is 28.9 Å². The standard InChI is InChI=1S/C17H16F2N4O2/c18-17(19)8-4-3-6-12(17)16-21-15(25-22-16)10-23-13-7-2-1-5-11(13)14(24)9-20-23/h1-2,5,7,9,12H,3-4,6,8,10H2. The normalized spacial score (nSPS) is 20.0. The lowest BCUT2D eigenvalue weighted by Gasteiger charge is -2.28. The van der Waals surface area contributed by atoms with E-state index in [0.717, 1.165) is 6.42 Å². The molecule has 1 fully saturated rings. The number of rotatable bonds is 3. The number of benzene rings is 1. The first-order chi connectivity index (χ1) is 12.0. The minimum Gasteiger partial charge on any atom is -0.337 e. The van der Waals surface area contributed by atoms with E-state index in [1.165, 1.54) is 6.20 Å². The van der Waals surface area contributed by atoms with Crippen LogP contribution in [-0.2, 0) is 6.54 Å². The first-order valence-corrected chi connectivity index (χ1v) is 8.20. The molecule has 0 bridgehead atoms. The van der Waals surface area contributed by atoms with Crippen molar-refractivity contribution in [2.24, 2.45) is 0 Å². The number of fused-ring (bicyclic) bond motifs is 1. The summed E-state index contributed by atoms with van der Waals surface area (Å²) in [6.07, 6.45) is 2.67. The molecular weight excluding hydrogens is 330 g/mol. The second-order valence-corrected chi connectivity index (χ2v) is 6.29. The monoisotopic (exact) mass is 346 g/mol. The van der Waals surface area contributed by atoms with E-state index in [4.69, 9.17) is 4.52 Å². The van der Waals surface area contributed by atoms with E-state index < -0.39 is 11.8 Å². The Labute approximate surface area is 141 Å². The molecule has 1 aliphatic carbocycles. The SMILES string of the molecule is O=c1cnn(Cc2nc(C3CCCCC3(F)F)no2)c2ccccc12. The maximum Gasteiger partial charge on any atom is 0.258 e. The fraction of sp³-hybridized carbons (Fsp3) is 0.412. The summed E-state index contributed by atoms with van der Waals surface area (Å²) in [5, 5.41) is 8.36. The number of hydrogen-bond acceptors (Lipinski definition) is 5. The molecule has 1 aliphatic rings. The number of halogens is 2. The fourth-order valence-corrected chi connectivity index (χ4v) is 3.30. The van der Waals surface area contributed by atoms with Crippen molar-refractivity contribution in [3.8, 4) is 0 Å². The van der Waals surface area contributed by atoms with Crippen LogP contribution >= 0.6 is 0 Å². The van der Waals surface area contributed by atoms with E-state index >= 15 is 0 Å². The van der Waals surface area contributed by atoms with Crippen LogP contribution in [0.4, 0.5) is 8.78 Å². The molecule has 0 amide bonds. The Morgan fingerprint density at radius 1 is 1.28 bits per heavy atom. The third kappa shape index (κ3) is 2.92. The highest BCUT2D eigenvalue weighted by Crippen LogP contribution is 2.43. The summed E-state index contributed by atoms with van der Waals surface area (Å²) in [6, 6.07) is 7.03. The topological polar surface area (TPSA) is 73.8 Å². The first kappa shape index (κ1) is 15.9. The summed E-state index contributed by atoms with van der Waals surface area (Å²) >= 11 is 0. The molecule has 8 heteroatoms. The van der Waals surface area contributed by atoms with Crippen LogP contribution in [0.1, 0.15) is 43.3 Å². The van der Waals surface area contributed by atoms with Gasteiger partial charge in [-0.15, -0.1) is 0 Å². The second-order valence-electron chi connectivity index (χ2n) is 6.29. The van der Waals surface area contributed by atoms with Crippen molar-refractivity contribution in [2.45, 2.75) is 44.1 Å². The molecule has 130 valence electrons. The summed E-state index contributed by atoms with van der Waals surface area (Å²) in [6.45, 7) is 0.117. The molecule has 6 nitrogen and oxygen atoms in total. The van der Waals surface area contributed by atoms with Gasteiger partial charge in [-0.3, -0.25) is 9.48 Å². The predicted molar refractivity (Wildman–Crippen MR) is 85.6 cm³/mol. The van der Waals surface area contributed by atoms with Crippen molar-refractivity contribution in [1.29, 1.82) is 0 Å². The molecule has 2 aromatic heterocycles. The summed E-state index contributed by atoms with van der Waals surface area (Å²) in [7, 11) is 0. The Kier molecular flexibility index (Phi) is 3.82. The zero-order valence-electron chi connectivity index (χ0n) is 13.4. The summed E-state index contributed by atoms with van der Waals surface area (Å²) in [5.41, 5.74) is 0.442. The maximum absolute atomic E-state index is 14.1. The largest absolute Gasteiger partial charge is 0.337 e. The van der Waals surface area contributed by atoms with Gasteiger partial charge in [-0.1, -0.05) is 23.7 Å². The molecule has 1 unspecified atom stereocenters. The van der Waals surface area contributed by atoms with Crippen LogP contribution in [0.25, 0.3) is 10.9 Å². The van der Waals surface area contributed by atoms with Crippen LogP contribution in [0, 0.1) is 0 Å². The fourth-order valence-electron chi connectivity index (χ4n) is 3.30. The molecule has 0 radical (unpaired) electrons. The first-order valence-electron chi connectivity index (χ1n) is 8.20. The van der Waals surface area contributed by atoms with Crippen LogP contribution < -0.4 is 5.43 Å². The van der Waals surface area contributed by atoms with Gasteiger partial charge in [-0.25, -0.2) is 8.78 Å². The van der Waals surface area contributed by atoms with E-state index in [2.05, 4.69) is 15.2 Å². The highest BCUT2D eigenvalue weighted by atomic mass is 19.3. The zero-order valence-corrected chi connectivity index (χ0v) is 13.4. The summed E-state index contributed by atoms with van der Waals surface area (Å²) in [4.78, 5) is 16.0. The quantitative estimate of drug-likeness (QED) is 0.728. The highest BCUT2D eigenvalue weighted by Gasteiger charge is 2.44. The zero-order chi connectivity index (χ0) is 17.4. The molecule has 0 spiro atoms. The lowest BCUT2D eigenvalue weighted by atomic mass is 9.85. The van der Waals surface area contributed by atoms with Gasteiger partial charge in [-0.05, 0) is 25.0 Å². The Morgan fingerprint density at radius 3 is 2.96 bits per heavy atom.